The number of carbonyl (C=O) groups excluding carboxylic acids is 8. The number of amides is 8. The first-order valence-electron chi connectivity index (χ1n) is 27.6. The summed E-state index contributed by atoms with van der Waals surface area (Å²) in [6, 6.07) is 18.5. The normalized spacial score (nSPS) is 19.9. The van der Waals surface area contributed by atoms with Crippen molar-refractivity contribution in [2.24, 2.45) is 10.8 Å². The van der Waals surface area contributed by atoms with E-state index in [1.165, 1.54) is 40.1 Å². The lowest BCUT2D eigenvalue weighted by molar-refractivity contribution is -0.147. The molecule has 2 aliphatic heterocycles. The van der Waals surface area contributed by atoms with Gasteiger partial charge in [-0.05, 0) is 136 Å². The smallest absolute Gasteiger partial charge is 0.255 e. The van der Waals surface area contributed by atoms with Crippen molar-refractivity contribution in [2.45, 2.75) is 155 Å². The molecule has 1 saturated heterocycles. The van der Waals surface area contributed by atoms with Gasteiger partial charge < -0.3 is 52.3 Å². The zero-order valence-electron chi connectivity index (χ0n) is 47.8. The van der Waals surface area contributed by atoms with Crippen LogP contribution in [-0.4, -0.2) is 120 Å². The molecule has 3 aliphatic rings. The van der Waals surface area contributed by atoms with Crippen LogP contribution in [0.3, 0.4) is 0 Å². The molecule has 4 aromatic carbocycles. The molecule has 7 rings (SSSR count). The summed E-state index contributed by atoms with van der Waals surface area (Å²) in [5, 5.41) is 23.6. The third-order valence-electron chi connectivity index (χ3n) is 15.7. The van der Waals surface area contributed by atoms with Gasteiger partial charge in [-0.1, -0.05) is 90.1 Å². The zero-order chi connectivity index (χ0) is 58.4. The number of fused-ring (bicyclic) bond motifs is 2. The van der Waals surface area contributed by atoms with Crippen molar-refractivity contribution < 1.29 is 42.7 Å². The molecule has 6 unspecified atom stereocenters. The molecule has 0 spiro atoms. The van der Waals surface area contributed by atoms with Crippen molar-refractivity contribution in [3.63, 3.8) is 0 Å². The van der Waals surface area contributed by atoms with Gasteiger partial charge in [0.15, 0.2) is 0 Å². The molecule has 8 amide bonds. The summed E-state index contributed by atoms with van der Waals surface area (Å²) < 4.78 is 14.8. The Morgan fingerprint density at radius 1 is 0.613 bits per heavy atom. The van der Waals surface area contributed by atoms with E-state index in [0.29, 0.717) is 11.3 Å². The lowest BCUT2D eigenvalue weighted by atomic mass is 9.84. The van der Waals surface area contributed by atoms with E-state index in [0.717, 1.165) is 36.0 Å². The molecule has 0 aromatic heterocycles. The van der Waals surface area contributed by atoms with Crippen LogP contribution in [0.4, 0.5) is 10.1 Å². The van der Waals surface area contributed by atoms with Gasteiger partial charge in [-0.15, -0.1) is 0 Å². The van der Waals surface area contributed by atoms with Gasteiger partial charge in [0.2, 0.25) is 35.4 Å². The highest BCUT2D eigenvalue weighted by molar-refractivity contribution is 6.05. The second kappa shape index (κ2) is 25.3. The monoisotopic (exact) mass is 1100 g/mol. The van der Waals surface area contributed by atoms with E-state index in [2.05, 4.69) is 48.6 Å². The minimum absolute atomic E-state index is 0.00730. The van der Waals surface area contributed by atoms with Crippen LogP contribution in [0, 0.1) is 16.6 Å². The molecule has 4 aromatic rings. The second-order valence-corrected chi connectivity index (χ2v) is 23.7. The summed E-state index contributed by atoms with van der Waals surface area (Å²) in [6.07, 6.45) is 2.73. The fraction of sp³-hybridized carbons (Fsp3) is 0.475. The van der Waals surface area contributed by atoms with Crippen LogP contribution in [0.1, 0.15) is 142 Å². The SMILES string of the molecule is CN[C@@H](C)C(=O)NC(C(=O)N1Cc2cc(NC(=O)c3ccc(C(=O)N[C@H]4CC(C(=O)NC5CCCc6ccccc65)N(C(=O)C(NC(=O)[C@H](C)NC)C(C)(C)C)C4)cc3)ccc2CC1C(=O)NC(C)c1ccccc1F)C(C)(C)C. The minimum Gasteiger partial charge on any atom is -0.348 e. The molecule has 19 heteroatoms. The standard InChI is InChI=1S/C61H79FN10O8/c1-34(44-19-14-15-21-46(44)62)65-56(77)48-30-40-27-28-42(29-41(40)32-71(48)58(79)50(60(4,5)6)69-52(73)35(2)63-10)66-54(75)38-23-25-39(26-24-38)55(76)67-43-31-49(57(78)68-47-22-16-18-37-17-12-13-20-45(37)47)72(33-43)59(80)51(61(7,8)9)70-53(74)36(3)64-11/h12-15,17,19-21,23-29,34-36,43,47-51,63-64H,16,18,22,30-33H2,1-11H3,(H,65,77)(H,66,75)(H,67,76)(H,68,78)(H,69,73)(H,70,74)/t34?,35-,36-,43-,47?,48?,49?,50?,51?/m0/s1. The number of carbonyl (C=O) groups is 8. The van der Waals surface area contributed by atoms with Gasteiger partial charge in [0, 0.05) is 47.9 Å². The number of nitrogens with zero attached hydrogens (tertiary/aromatic N) is 2. The van der Waals surface area contributed by atoms with E-state index >= 15 is 0 Å². The summed E-state index contributed by atoms with van der Waals surface area (Å²) in [4.78, 5) is 115. The maximum atomic E-state index is 14.8. The van der Waals surface area contributed by atoms with Gasteiger partial charge in [-0.3, -0.25) is 38.4 Å². The summed E-state index contributed by atoms with van der Waals surface area (Å²) in [7, 11) is 3.28. The fourth-order valence-corrected chi connectivity index (χ4v) is 10.6. The Labute approximate surface area is 468 Å². The zero-order valence-corrected chi connectivity index (χ0v) is 47.8. The number of halogens is 1. The summed E-state index contributed by atoms with van der Waals surface area (Å²) in [5.74, 6) is -4.00. The molecule has 80 heavy (non-hydrogen) atoms. The van der Waals surface area contributed by atoms with Crippen molar-refractivity contribution in [1.29, 1.82) is 0 Å². The lowest BCUT2D eigenvalue weighted by Crippen LogP contribution is -2.62. The van der Waals surface area contributed by atoms with Crippen LogP contribution in [0.25, 0.3) is 0 Å². The molecule has 8 N–H and O–H groups in total. The van der Waals surface area contributed by atoms with Crippen molar-refractivity contribution in [1.82, 2.24) is 47.0 Å². The molecule has 2 heterocycles. The van der Waals surface area contributed by atoms with Crippen LogP contribution in [-0.2, 0) is 48.2 Å². The Bertz CT molecular complexity index is 2970. The molecular formula is C61H79FN10O8. The second-order valence-electron chi connectivity index (χ2n) is 23.7. The van der Waals surface area contributed by atoms with Crippen LogP contribution in [0.5, 0.6) is 0 Å². The van der Waals surface area contributed by atoms with Crippen molar-refractivity contribution >= 4 is 52.9 Å². The van der Waals surface area contributed by atoms with Gasteiger partial charge >= 0.3 is 0 Å². The molecule has 0 bridgehead atoms. The quantitative estimate of drug-likeness (QED) is 0.0672. The third kappa shape index (κ3) is 14.1. The highest BCUT2D eigenvalue weighted by Crippen LogP contribution is 2.34. The van der Waals surface area contributed by atoms with E-state index < -0.39 is 100 Å². The molecule has 1 aliphatic carbocycles. The average molecular weight is 1100 g/mol. The third-order valence-corrected chi connectivity index (χ3v) is 15.7. The van der Waals surface area contributed by atoms with E-state index in [1.807, 2.05) is 59.7 Å². The number of hydrogen-bond acceptors (Lipinski definition) is 10. The molecule has 9 atom stereocenters. The largest absolute Gasteiger partial charge is 0.348 e. The van der Waals surface area contributed by atoms with Gasteiger partial charge in [0.05, 0.1) is 24.2 Å². The van der Waals surface area contributed by atoms with Gasteiger partial charge in [-0.2, -0.15) is 0 Å². The van der Waals surface area contributed by atoms with E-state index in [4.69, 9.17) is 0 Å². The van der Waals surface area contributed by atoms with Crippen LogP contribution < -0.4 is 42.5 Å². The Morgan fingerprint density at radius 3 is 1.79 bits per heavy atom. The topological polar surface area (TPSA) is 239 Å². The minimum atomic E-state index is -1.04. The number of aryl methyl sites for hydroxylation is 1. The number of likely N-dealkylation sites (N-methyl/N-ethyl adjacent to an activating group) is 2. The first kappa shape index (κ1) is 60.1. The molecule has 428 valence electrons. The van der Waals surface area contributed by atoms with Crippen molar-refractivity contribution in [3.05, 3.63) is 136 Å². The Morgan fingerprint density at radius 2 is 1.19 bits per heavy atom. The number of likely N-dealkylation sites (tertiary alicyclic amines) is 1. The van der Waals surface area contributed by atoms with Gasteiger partial charge in [-0.25, -0.2) is 4.39 Å². The summed E-state index contributed by atoms with van der Waals surface area (Å²) >= 11 is 0. The highest BCUT2D eigenvalue weighted by Gasteiger charge is 2.47. The molecular weight excluding hydrogens is 1020 g/mol. The average Bonchev–Trinajstić information content (AvgIpc) is 3.85. The maximum Gasteiger partial charge on any atom is 0.255 e. The van der Waals surface area contributed by atoms with Crippen LogP contribution in [0.15, 0.2) is 91.0 Å². The lowest BCUT2D eigenvalue weighted by Gasteiger charge is -2.41. The number of benzene rings is 4. The number of hydrogen-bond donors (Lipinski definition) is 8. The van der Waals surface area contributed by atoms with E-state index in [9.17, 15) is 42.7 Å². The number of nitrogens with one attached hydrogen (secondary N) is 8. The molecule has 0 radical (unpaired) electrons. The van der Waals surface area contributed by atoms with Gasteiger partial charge in [0.1, 0.15) is 30.0 Å². The predicted molar refractivity (Wildman–Crippen MR) is 303 cm³/mol. The molecule has 18 nitrogen and oxygen atoms in total. The first-order chi connectivity index (χ1) is 37.8. The van der Waals surface area contributed by atoms with Crippen molar-refractivity contribution in [3.8, 4) is 0 Å². The van der Waals surface area contributed by atoms with Crippen LogP contribution in [0.2, 0.25) is 0 Å². The number of anilines is 1. The molecule has 1 fully saturated rings. The Kier molecular flexibility index (Phi) is 19.0. The van der Waals surface area contributed by atoms with Crippen molar-refractivity contribution in [2.75, 3.05) is 26.0 Å². The summed E-state index contributed by atoms with van der Waals surface area (Å²) in [5.41, 5.74) is 3.24. The number of rotatable bonds is 17. The van der Waals surface area contributed by atoms with Crippen LogP contribution >= 0.6 is 0 Å². The highest BCUT2D eigenvalue weighted by atomic mass is 19.1. The first-order valence-corrected chi connectivity index (χ1v) is 27.6. The molecule has 0 saturated carbocycles. The van der Waals surface area contributed by atoms with Gasteiger partial charge in [0.25, 0.3) is 11.8 Å². The Balaban J connectivity index is 1.07. The maximum absolute atomic E-state index is 14.8. The summed E-state index contributed by atoms with van der Waals surface area (Å²) in [6.45, 7) is 16.0. The predicted octanol–water partition coefficient (Wildman–Crippen LogP) is 5.38. The van der Waals surface area contributed by atoms with E-state index in [-0.39, 0.29) is 60.5 Å². The van der Waals surface area contributed by atoms with E-state index in [1.54, 1.807) is 71.3 Å². The fourth-order valence-electron chi connectivity index (χ4n) is 10.6. The Hall–Kier alpha value is -7.51.